The lowest BCUT2D eigenvalue weighted by atomic mass is 9.67. The molecule has 0 bridgehead atoms. The monoisotopic (exact) mass is 230 g/mol. The van der Waals surface area contributed by atoms with E-state index >= 15 is 0 Å². The fraction of sp³-hybridized carbons (Fsp3) is 0.600. The first-order chi connectivity index (χ1) is 8.22. The van der Waals surface area contributed by atoms with Crippen molar-refractivity contribution in [2.45, 2.75) is 45.7 Å². The number of nitrogens with zero attached hydrogens (tertiary/aromatic N) is 1. The molecule has 3 rings (SSSR count). The summed E-state index contributed by atoms with van der Waals surface area (Å²) in [6, 6.07) is 6.34. The van der Waals surface area contributed by atoms with Crippen LogP contribution in [0.4, 0.5) is 5.69 Å². The third-order valence-corrected chi connectivity index (χ3v) is 4.81. The molecular weight excluding hydrogens is 208 g/mol. The Hall–Kier alpha value is -1.02. The van der Waals surface area contributed by atoms with Gasteiger partial charge in [0.05, 0.1) is 0 Å². The lowest BCUT2D eigenvalue weighted by Gasteiger charge is -2.44. The van der Waals surface area contributed by atoms with E-state index in [1.165, 1.54) is 43.4 Å². The highest BCUT2D eigenvalue weighted by Crippen LogP contribution is 2.45. The molecule has 0 radical (unpaired) electrons. The largest absolute Gasteiger partial charge is 0.398 e. The molecule has 2 heteroatoms. The van der Waals surface area contributed by atoms with E-state index in [-0.39, 0.29) is 0 Å². The van der Waals surface area contributed by atoms with E-state index < -0.39 is 0 Å². The van der Waals surface area contributed by atoms with E-state index in [0.717, 1.165) is 18.8 Å². The average Bonchev–Trinajstić information content (AvgIpc) is 2.68. The maximum atomic E-state index is 6.05. The van der Waals surface area contributed by atoms with E-state index in [4.69, 9.17) is 5.73 Å². The molecule has 92 valence electrons. The molecule has 0 amide bonds. The molecule has 2 nitrogen and oxygen atoms in total. The fourth-order valence-corrected chi connectivity index (χ4v) is 3.40. The zero-order valence-electron chi connectivity index (χ0n) is 10.7. The summed E-state index contributed by atoms with van der Waals surface area (Å²) in [5, 5.41) is 0. The lowest BCUT2D eigenvalue weighted by Crippen LogP contribution is -2.39. The van der Waals surface area contributed by atoms with Crippen LogP contribution in [0.15, 0.2) is 18.2 Å². The van der Waals surface area contributed by atoms with Crippen LogP contribution in [0.1, 0.15) is 43.7 Å². The Morgan fingerprint density at radius 1 is 1.29 bits per heavy atom. The van der Waals surface area contributed by atoms with Crippen LogP contribution >= 0.6 is 0 Å². The van der Waals surface area contributed by atoms with Gasteiger partial charge in [0.15, 0.2) is 0 Å². The lowest BCUT2D eigenvalue weighted by molar-refractivity contribution is 0.0608. The second-order valence-electron chi connectivity index (χ2n) is 5.84. The molecule has 0 aromatic heterocycles. The van der Waals surface area contributed by atoms with Crippen molar-refractivity contribution in [3.8, 4) is 0 Å². The molecule has 1 fully saturated rings. The Morgan fingerprint density at radius 2 is 2.12 bits per heavy atom. The zero-order chi connectivity index (χ0) is 11.9. The third-order valence-electron chi connectivity index (χ3n) is 4.81. The van der Waals surface area contributed by atoms with Gasteiger partial charge >= 0.3 is 0 Å². The summed E-state index contributed by atoms with van der Waals surface area (Å²) >= 11 is 0. The maximum Gasteiger partial charge on any atom is 0.0363 e. The minimum absolute atomic E-state index is 0.622. The van der Waals surface area contributed by atoms with Crippen LogP contribution in [-0.4, -0.2) is 11.4 Å². The third kappa shape index (κ3) is 1.85. The Morgan fingerprint density at radius 3 is 2.71 bits per heavy atom. The molecular formula is C15H22N2. The number of fused-ring (bicyclic) bond motifs is 1. The van der Waals surface area contributed by atoms with E-state index in [2.05, 4.69) is 24.0 Å². The second kappa shape index (κ2) is 4.02. The minimum Gasteiger partial charge on any atom is -0.398 e. The number of nitrogen functional groups attached to an aromatic ring is 1. The predicted octanol–water partition coefficient (Wildman–Crippen LogP) is 3.16. The highest BCUT2D eigenvalue weighted by molar-refractivity contribution is 5.52. The molecule has 0 saturated heterocycles. The van der Waals surface area contributed by atoms with Crippen LogP contribution in [-0.2, 0) is 13.1 Å². The normalized spacial score (nSPS) is 22.2. The predicted molar refractivity (Wildman–Crippen MR) is 71.5 cm³/mol. The average molecular weight is 230 g/mol. The van der Waals surface area contributed by atoms with Gasteiger partial charge in [-0.05, 0) is 41.9 Å². The van der Waals surface area contributed by atoms with Crippen molar-refractivity contribution < 1.29 is 0 Å². The summed E-state index contributed by atoms with van der Waals surface area (Å²) in [4.78, 5) is 2.59. The molecule has 17 heavy (non-hydrogen) atoms. The molecule has 1 aromatic carbocycles. The number of hydrogen-bond acceptors (Lipinski definition) is 2. The van der Waals surface area contributed by atoms with Crippen molar-refractivity contribution in [3.63, 3.8) is 0 Å². The summed E-state index contributed by atoms with van der Waals surface area (Å²) in [5.41, 5.74) is 10.5. The molecule has 1 aliphatic heterocycles. The van der Waals surface area contributed by atoms with Crippen molar-refractivity contribution in [1.82, 2.24) is 4.90 Å². The fourth-order valence-electron chi connectivity index (χ4n) is 3.40. The van der Waals surface area contributed by atoms with Gasteiger partial charge in [0.2, 0.25) is 0 Å². The van der Waals surface area contributed by atoms with Gasteiger partial charge in [-0.15, -0.1) is 0 Å². The van der Waals surface area contributed by atoms with E-state index in [9.17, 15) is 0 Å². The van der Waals surface area contributed by atoms with Gasteiger partial charge in [0, 0.05) is 25.3 Å². The molecule has 2 N–H and O–H groups in total. The first kappa shape index (κ1) is 11.1. The highest BCUT2D eigenvalue weighted by atomic mass is 15.1. The number of anilines is 1. The smallest absolute Gasteiger partial charge is 0.0363 e. The van der Waals surface area contributed by atoms with Crippen LogP contribution in [0.25, 0.3) is 0 Å². The SMILES string of the molecule is CCC1(CN2Cc3cccc(N)c3C2)CCC1. The van der Waals surface area contributed by atoms with Gasteiger partial charge < -0.3 is 5.73 Å². The number of rotatable bonds is 3. The van der Waals surface area contributed by atoms with Gasteiger partial charge in [-0.2, -0.15) is 0 Å². The van der Waals surface area contributed by atoms with Crippen LogP contribution in [0.3, 0.4) is 0 Å². The molecule has 1 heterocycles. The Kier molecular flexibility index (Phi) is 2.62. The van der Waals surface area contributed by atoms with Crippen LogP contribution < -0.4 is 5.73 Å². The molecule has 2 aliphatic rings. The molecule has 1 aliphatic carbocycles. The molecule has 1 aromatic rings. The van der Waals surface area contributed by atoms with E-state index in [1.807, 2.05) is 6.07 Å². The summed E-state index contributed by atoms with van der Waals surface area (Å²) in [6.45, 7) is 5.76. The summed E-state index contributed by atoms with van der Waals surface area (Å²) in [6.07, 6.45) is 5.60. The topological polar surface area (TPSA) is 29.3 Å². The Labute approximate surface area is 104 Å². The Balaban J connectivity index is 1.72. The number of hydrogen-bond donors (Lipinski definition) is 1. The molecule has 0 spiro atoms. The molecule has 1 saturated carbocycles. The standard InChI is InChI=1S/C15H22N2/c1-2-15(7-4-8-15)11-17-9-12-5-3-6-14(16)13(12)10-17/h3,5-6H,2,4,7-11,16H2,1H3. The molecule has 0 unspecified atom stereocenters. The zero-order valence-corrected chi connectivity index (χ0v) is 10.7. The van der Waals surface area contributed by atoms with Crippen molar-refractivity contribution in [2.75, 3.05) is 12.3 Å². The van der Waals surface area contributed by atoms with Gasteiger partial charge in [-0.3, -0.25) is 4.90 Å². The van der Waals surface area contributed by atoms with Gasteiger partial charge in [0.1, 0.15) is 0 Å². The quantitative estimate of drug-likeness (QED) is 0.808. The molecule has 0 atom stereocenters. The van der Waals surface area contributed by atoms with Gasteiger partial charge in [-0.1, -0.05) is 25.5 Å². The summed E-state index contributed by atoms with van der Waals surface area (Å²) < 4.78 is 0. The summed E-state index contributed by atoms with van der Waals surface area (Å²) in [7, 11) is 0. The second-order valence-corrected chi connectivity index (χ2v) is 5.84. The van der Waals surface area contributed by atoms with E-state index in [1.54, 1.807) is 0 Å². The first-order valence-electron chi connectivity index (χ1n) is 6.81. The maximum absolute atomic E-state index is 6.05. The van der Waals surface area contributed by atoms with Crippen LogP contribution in [0.5, 0.6) is 0 Å². The van der Waals surface area contributed by atoms with Crippen molar-refractivity contribution in [2.24, 2.45) is 5.41 Å². The van der Waals surface area contributed by atoms with Crippen molar-refractivity contribution in [1.29, 1.82) is 0 Å². The highest BCUT2D eigenvalue weighted by Gasteiger charge is 2.37. The van der Waals surface area contributed by atoms with Crippen molar-refractivity contribution in [3.05, 3.63) is 29.3 Å². The van der Waals surface area contributed by atoms with Gasteiger partial charge in [-0.25, -0.2) is 0 Å². The minimum atomic E-state index is 0.622. The Bertz CT molecular complexity index is 415. The van der Waals surface area contributed by atoms with Crippen LogP contribution in [0.2, 0.25) is 0 Å². The van der Waals surface area contributed by atoms with E-state index in [0.29, 0.717) is 5.41 Å². The van der Waals surface area contributed by atoms with Crippen LogP contribution in [0, 0.1) is 5.41 Å². The van der Waals surface area contributed by atoms with Gasteiger partial charge in [0.25, 0.3) is 0 Å². The first-order valence-corrected chi connectivity index (χ1v) is 6.81. The number of nitrogens with two attached hydrogens (primary N) is 1. The number of benzene rings is 1. The van der Waals surface area contributed by atoms with Crippen molar-refractivity contribution >= 4 is 5.69 Å². The summed E-state index contributed by atoms with van der Waals surface area (Å²) in [5.74, 6) is 0.